The van der Waals surface area contributed by atoms with Crippen LogP contribution in [0.3, 0.4) is 0 Å². The van der Waals surface area contributed by atoms with Gasteiger partial charge in [-0.3, -0.25) is 9.59 Å². The lowest BCUT2D eigenvalue weighted by Crippen LogP contribution is -2.31. The topological polar surface area (TPSA) is 58.6 Å². The van der Waals surface area contributed by atoms with E-state index in [1.165, 1.54) is 30.2 Å². The molecule has 6 heteroatoms. The summed E-state index contributed by atoms with van der Waals surface area (Å²) < 4.78 is 5.40. The van der Waals surface area contributed by atoms with Gasteiger partial charge in [-0.25, -0.2) is 0 Å². The van der Waals surface area contributed by atoms with Crippen molar-refractivity contribution in [2.24, 2.45) is 0 Å². The van der Waals surface area contributed by atoms with Gasteiger partial charge in [0.25, 0.3) is 11.8 Å². The molecule has 0 saturated carbocycles. The molecule has 0 spiro atoms. The molecule has 0 bridgehead atoms. The number of benzene rings is 2. The molecule has 2 aromatic rings. The Labute approximate surface area is 193 Å². The molecule has 0 aromatic heterocycles. The normalized spacial score (nSPS) is 17.1. The largest absolute Gasteiger partial charge is 0.496 e. The molecule has 2 aliphatic rings. The third kappa shape index (κ3) is 4.91. The van der Waals surface area contributed by atoms with Crippen LogP contribution in [0.25, 0.3) is 6.08 Å². The van der Waals surface area contributed by atoms with Crippen molar-refractivity contribution in [2.75, 3.05) is 25.6 Å². The van der Waals surface area contributed by atoms with Crippen molar-refractivity contribution in [3.8, 4) is 5.75 Å². The van der Waals surface area contributed by atoms with Crippen molar-refractivity contribution < 1.29 is 14.3 Å². The summed E-state index contributed by atoms with van der Waals surface area (Å²) in [5, 5.41) is 3.02. The van der Waals surface area contributed by atoms with Crippen LogP contribution in [-0.2, 0) is 4.79 Å². The molecule has 0 fully saturated rings. The number of carbonyl (C=O) groups is 2. The number of fused-ring (bicyclic) bond motifs is 1. The van der Waals surface area contributed by atoms with E-state index >= 15 is 0 Å². The average Bonchev–Trinajstić information content (AvgIpc) is 2.83. The van der Waals surface area contributed by atoms with E-state index in [1.807, 2.05) is 42.5 Å². The Morgan fingerprint density at radius 3 is 2.84 bits per heavy atom. The number of carbonyl (C=O) groups excluding carboxylic acids is 2. The lowest BCUT2D eigenvalue weighted by Gasteiger charge is -2.27. The molecule has 0 atom stereocenters. The first-order valence-electron chi connectivity index (χ1n) is 11.0. The highest BCUT2D eigenvalue weighted by Gasteiger charge is 2.27. The summed E-state index contributed by atoms with van der Waals surface area (Å²) in [5.41, 5.74) is 3.61. The lowest BCUT2D eigenvalue weighted by molar-refractivity contribution is -0.114. The summed E-state index contributed by atoms with van der Waals surface area (Å²) in [5.74, 6) is 0.512. The highest BCUT2D eigenvalue weighted by molar-refractivity contribution is 8.04. The van der Waals surface area contributed by atoms with Crippen LogP contribution in [0.4, 0.5) is 5.69 Å². The van der Waals surface area contributed by atoms with Crippen LogP contribution in [0.5, 0.6) is 5.75 Å². The minimum Gasteiger partial charge on any atom is -0.496 e. The molecule has 0 saturated heterocycles. The minimum absolute atomic E-state index is 0.102. The molecule has 2 aromatic carbocycles. The number of ether oxygens (including phenoxy) is 1. The van der Waals surface area contributed by atoms with Crippen molar-refractivity contribution in [3.63, 3.8) is 0 Å². The molecular formula is C26H28N2O3S. The Morgan fingerprint density at radius 2 is 2.06 bits per heavy atom. The zero-order valence-corrected chi connectivity index (χ0v) is 19.3. The number of amides is 2. The van der Waals surface area contributed by atoms with Crippen molar-refractivity contribution in [1.82, 2.24) is 5.32 Å². The first-order chi connectivity index (χ1) is 15.6. The maximum atomic E-state index is 13.0. The fourth-order valence-corrected chi connectivity index (χ4v) is 5.12. The molecule has 32 heavy (non-hydrogen) atoms. The van der Waals surface area contributed by atoms with Gasteiger partial charge < -0.3 is 15.0 Å². The third-order valence-electron chi connectivity index (χ3n) is 5.86. The summed E-state index contributed by atoms with van der Waals surface area (Å²) in [6.07, 6.45) is 9.88. The number of nitrogens with zero attached hydrogens (tertiary/aromatic N) is 1. The number of nitrogens with one attached hydrogen (secondary N) is 1. The van der Waals surface area contributed by atoms with Gasteiger partial charge in [-0.15, -0.1) is 0 Å². The summed E-state index contributed by atoms with van der Waals surface area (Å²) >= 11 is 1.42. The molecule has 1 aliphatic heterocycles. The molecule has 4 rings (SSSR count). The fourth-order valence-electron chi connectivity index (χ4n) is 4.03. The zero-order valence-electron chi connectivity index (χ0n) is 18.5. The van der Waals surface area contributed by atoms with E-state index in [4.69, 9.17) is 4.74 Å². The quantitative estimate of drug-likeness (QED) is 0.473. The number of hydrogen-bond acceptors (Lipinski definition) is 4. The van der Waals surface area contributed by atoms with Crippen LogP contribution in [0, 0.1) is 0 Å². The van der Waals surface area contributed by atoms with Gasteiger partial charge in [0.05, 0.1) is 17.7 Å². The molecule has 0 unspecified atom stereocenters. The van der Waals surface area contributed by atoms with Crippen LogP contribution in [-0.4, -0.2) is 32.5 Å². The number of methoxy groups -OCH3 is 1. The third-order valence-corrected chi connectivity index (χ3v) is 6.94. The summed E-state index contributed by atoms with van der Waals surface area (Å²) in [7, 11) is 3.36. The molecule has 1 heterocycles. The second-order valence-electron chi connectivity index (χ2n) is 8.01. The van der Waals surface area contributed by atoms with E-state index in [0.29, 0.717) is 17.0 Å². The summed E-state index contributed by atoms with van der Waals surface area (Å²) in [6, 6.07) is 13.2. The Morgan fingerprint density at radius 1 is 1.22 bits per heavy atom. The highest BCUT2D eigenvalue weighted by Crippen LogP contribution is 2.42. The minimum atomic E-state index is -0.106. The van der Waals surface area contributed by atoms with Gasteiger partial charge in [-0.05, 0) is 62.4 Å². The van der Waals surface area contributed by atoms with Crippen LogP contribution in [0.15, 0.2) is 63.9 Å². The van der Waals surface area contributed by atoms with E-state index in [2.05, 4.69) is 11.4 Å². The molecular weight excluding hydrogens is 420 g/mol. The maximum Gasteiger partial charge on any atom is 0.264 e. The van der Waals surface area contributed by atoms with Crippen LogP contribution >= 0.6 is 11.8 Å². The smallest absolute Gasteiger partial charge is 0.264 e. The SMILES string of the molecule is COc1ccccc1/C=C1/Sc2ccc(C(=O)NCCC3=CCCCC3)cc2N(C)C1=O. The van der Waals surface area contributed by atoms with Crippen molar-refractivity contribution in [1.29, 1.82) is 0 Å². The second-order valence-corrected chi connectivity index (χ2v) is 9.10. The maximum absolute atomic E-state index is 13.0. The number of rotatable bonds is 6. The summed E-state index contributed by atoms with van der Waals surface area (Å²) in [4.78, 5) is 28.8. The van der Waals surface area contributed by atoms with E-state index in [9.17, 15) is 9.59 Å². The van der Waals surface area contributed by atoms with Gasteiger partial charge in [-0.2, -0.15) is 0 Å². The fraction of sp³-hybridized carbons (Fsp3) is 0.308. The second kappa shape index (κ2) is 10.1. The number of anilines is 1. The molecule has 1 aliphatic carbocycles. The van der Waals surface area contributed by atoms with E-state index in [0.717, 1.165) is 41.2 Å². The van der Waals surface area contributed by atoms with E-state index < -0.39 is 0 Å². The predicted octanol–water partition coefficient (Wildman–Crippen LogP) is 5.43. The lowest BCUT2D eigenvalue weighted by atomic mass is 9.97. The average molecular weight is 449 g/mol. The van der Waals surface area contributed by atoms with Crippen LogP contribution in [0.2, 0.25) is 0 Å². The molecule has 0 radical (unpaired) electrons. The van der Waals surface area contributed by atoms with Crippen LogP contribution in [0.1, 0.15) is 48.0 Å². The van der Waals surface area contributed by atoms with Gasteiger partial charge in [0, 0.05) is 29.6 Å². The Hall–Kier alpha value is -2.99. The molecule has 1 N–H and O–H groups in total. The molecule has 5 nitrogen and oxygen atoms in total. The van der Waals surface area contributed by atoms with E-state index in [1.54, 1.807) is 25.1 Å². The van der Waals surface area contributed by atoms with Crippen molar-refractivity contribution in [2.45, 2.75) is 37.0 Å². The zero-order chi connectivity index (χ0) is 22.5. The van der Waals surface area contributed by atoms with Gasteiger partial charge in [0.15, 0.2) is 0 Å². The monoisotopic (exact) mass is 448 g/mol. The number of allylic oxidation sites excluding steroid dienone is 1. The number of likely N-dealkylation sites (N-methyl/N-ethyl adjacent to an activating group) is 1. The van der Waals surface area contributed by atoms with Gasteiger partial charge in [0.1, 0.15) is 5.75 Å². The summed E-state index contributed by atoms with van der Waals surface area (Å²) in [6.45, 7) is 0.636. The first kappa shape index (κ1) is 22.2. The highest BCUT2D eigenvalue weighted by atomic mass is 32.2. The van der Waals surface area contributed by atoms with Crippen LogP contribution < -0.4 is 15.0 Å². The number of para-hydroxylation sites is 1. The van der Waals surface area contributed by atoms with E-state index in [-0.39, 0.29) is 11.8 Å². The van der Waals surface area contributed by atoms with Crippen molar-refractivity contribution in [3.05, 3.63) is 70.1 Å². The predicted molar refractivity (Wildman–Crippen MR) is 130 cm³/mol. The molecule has 2 amide bonds. The Balaban J connectivity index is 1.48. The van der Waals surface area contributed by atoms with Gasteiger partial charge in [0.2, 0.25) is 0 Å². The van der Waals surface area contributed by atoms with Crippen molar-refractivity contribution >= 4 is 35.3 Å². The van der Waals surface area contributed by atoms with Gasteiger partial charge >= 0.3 is 0 Å². The Kier molecular flexibility index (Phi) is 7.00. The first-order valence-corrected chi connectivity index (χ1v) is 11.8. The van der Waals surface area contributed by atoms with Gasteiger partial charge in [-0.1, -0.05) is 41.6 Å². The Bertz CT molecular complexity index is 1090. The number of thioether (sulfide) groups is 1. The number of hydrogen-bond donors (Lipinski definition) is 1. The molecule has 166 valence electrons. The standard InChI is InChI=1S/C26H28N2O3S/c1-28-21-16-20(25(29)27-15-14-18-8-4-3-5-9-18)12-13-23(21)32-24(26(28)30)17-19-10-6-7-11-22(19)31-2/h6-8,10-13,16-17H,3-5,9,14-15H2,1-2H3,(H,27,29)/b24-17+.